The molecule has 0 heterocycles. The predicted octanol–water partition coefficient (Wildman–Crippen LogP) is 4.12. The molecular formula is C14H21Br2NO2. The SMILES string of the molecule is CCOc1c(Br)cc(Br)cc1CNC(C)CCOC. The summed E-state index contributed by atoms with van der Waals surface area (Å²) in [4.78, 5) is 0. The molecule has 19 heavy (non-hydrogen) atoms. The summed E-state index contributed by atoms with van der Waals surface area (Å²) in [5.74, 6) is 0.914. The van der Waals surface area contributed by atoms with Gasteiger partial charge in [-0.05, 0) is 48.3 Å². The number of nitrogens with one attached hydrogen (secondary N) is 1. The van der Waals surface area contributed by atoms with E-state index in [0.717, 1.165) is 39.8 Å². The maximum atomic E-state index is 5.70. The van der Waals surface area contributed by atoms with E-state index in [2.05, 4.69) is 50.2 Å². The molecule has 0 fully saturated rings. The number of hydrogen-bond acceptors (Lipinski definition) is 3. The third-order valence-corrected chi connectivity index (χ3v) is 3.82. The standard InChI is InChI=1S/C14H21Br2NO2/c1-4-19-14-11(7-12(15)8-13(14)16)9-17-10(2)5-6-18-3/h7-8,10,17H,4-6,9H2,1-3H3. The van der Waals surface area contributed by atoms with Crippen LogP contribution in [0, 0.1) is 0 Å². The van der Waals surface area contributed by atoms with Gasteiger partial charge in [-0.3, -0.25) is 0 Å². The molecule has 1 atom stereocenters. The minimum Gasteiger partial charge on any atom is -0.492 e. The highest BCUT2D eigenvalue weighted by Gasteiger charge is 2.11. The monoisotopic (exact) mass is 393 g/mol. The van der Waals surface area contributed by atoms with E-state index in [9.17, 15) is 0 Å². The molecule has 0 radical (unpaired) electrons. The van der Waals surface area contributed by atoms with E-state index in [1.807, 2.05) is 13.0 Å². The maximum Gasteiger partial charge on any atom is 0.138 e. The van der Waals surface area contributed by atoms with E-state index in [4.69, 9.17) is 9.47 Å². The molecule has 5 heteroatoms. The van der Waals surface area contributed by atoms with E-state index in [-0.39, 0.29) is 0 Å². The summed E-state index contributed by atoms with van der Waals surface area (Å²) in [6.45, 7) is 6.36. The van der Waals surface area contributed by atoms with E-state index in [0.29, 0.717) is 12.6 Å². The fourth-order valence-corrected chi connectivity index (χ4v) is 3.16. The van der Waals surface area contributed by atoms with Gasteiger partial charge in [0.05, 0.1) is 11.1 Å². The first kappa shape index (κ1) is 17.0. The highest BCUT2D eigenvalue weighted by molar-refractivity contribution is 9.11. The van der Waals surface area contributed by atoms with Crippen molar-refractivity contribution in [3.8, 4) is 5.75 Å². The summed E-state index contributed by atoms with van der Waals surface area (Å²) >= 11 is 7.06. The first-order valence-corrected chi connectivity index (χ1v) is 8.00. The largest absolute Gasteiger partial charge is 0.492 e. The van der Waals surface area contributed by atoms with Crippen LogP contribution in [0.1, 0.15) is 25.8 Å². The Kier molecular flexibility index (Phi) is 7.99. The van der Waals surface area contributed by atoms with E-state index >= 15 is 0 Å². The van der Waals surface area contributed by atoms with Crippen LogP contribution in [0.3, 0.4) is 0 Å². The molecule has 0 amide bonds. The molecule has 108 valence electrons. The van der Waals surface area contributed by atoms with Crippen LogP contribution in [-0.4, -0.2) is 26.4 Å². The Morgan fingerprint density at radius 2 is 2.05 bits per heavy atom. The molecule has 0 aliphatic heterocycles. The lowest BCUT2D eigenvalue weighted by molar-refractivity contribution is 0.184. The fraction of sp³-hybridized carbons (Fsp3) is 0.571. The van der Waals surface area contributed by atoms with Crippen LogP contribution in [0.15, 0.2) is 21.1 Å². The number of ether oxygens (including phenoxy) is 2. The zero-order valence-electron chi connectivity index (χ0n) is 11.6. The third kappa shape index (κ3) is 5.81. The van der Waals surface area contributed by atoms with E-state index in [1.165, 1.54) is 0 Å². The number of rotatable bonds is 8. The van der Waals surface area contributed by atoms with Gasteiger partial charge in [-0.15, -0.1) is 0 Å². The highest BCUT2D eigenvalue weighted by atomic mass is 79.9. The van der Waals surface area contributed by atoms with Crippen molar-refractivity contribution in [1.82, 2.24) is 5.32 Å². The lowest BCUT2D eigenvalue weighted by Crippen LogP contribution is -2.27. The van der Waals surface area contributed by atoms with Crippen molar-refractivity contribution in [2.45, 2.75) is 32.9 Å². The molecule has 0 aliphatic rings. The maximum absolute atomic E-state index is 5.70. The van der Waals surface area contributed by atoms with Crippen LogP contribution in [0.5, 0.6) is 5.75 Å². The molecule has 1 rings (SSSR count). The molecule has 1 aromatic rings. The second-order valence-electron chi connectivity index (χ2n) is 4.37. The molecule has 0 saturated heterocycles. The lowest BCUT2D eigenvalue weighted by Gasteiger charge is -2.17. The van der Waals surface area contributed by atoms with Gasteiger partial charge in [0, 0.05) is 36.3 Å². The smallest absolute Gasteiger partial charge is 0.138 e. The van der Waals surface area contributed by atoms with Gasteiger partial charge in [-0.25, -0.2) is 0 Å². The van der Waals surface area contributed by atoms with Crippen molar-refractivity contribution in [2.75, 3.05) is 20.3 Å². The van der Waals surface area contributed by atoms with Crippen LogP contribution >= 0.6 is 31.9 Å². The van der Waals surface area contributed by atoms with Gasteiger partial charge in [-0.1, -0.05) is 15.9 Å². The molecular weight excluding hydrogens is 374 g/mol. The van der Waals surface area contributed by atoms with Crippen molar-refractivity contribution < 1.29 is 9.47 Å². The van der Waals surface area contributed by atoms with Crippen molar-refractivity contribution >= 4 is 31.9 Å². The average molecular weight is 395 g/mol. The average Bonchev–Trinajstić information content (AvgIpc) is 2.37. The van der Waals surface area contributed by atoms with E-state index < -0.39 is 0 Å². The molecule has 0 bridgehead atoms. The summed E-state index contributed by atoms with van der Waals surface area (Å²) in [6, 6.07) is 4.50. The van der Waals surface area contributed by atoms with Crippen LogP contribution in [-0.2, 0) is 11.3 Å². The van der Waals surface area contributed by atoms with Crippen LogP contribution in [0.25, 0.3) is 0 Å². The highest BCUT2D eigenvalue weighted by Crippen LogP contribution is 2.33. The number of benzene rings is 1. The predicted molar refractivity (Wildman–Crippen MR) is 85.8 cm³/mol. The van der Waals surface area contributed by atoms with Crippen molar-refractivity contribution in [3.63, 3.8) is 0 Å². The van der Waals surface area contributed by atoms with Gasteiger partial charge in [0.2, 0.25) is 0 Å². The van der Waals surface area contributed by atoms with Crippen LogP contribution in [0.4, 0.5) is 0 Å². The fourth-order valence-electron chi connectivity index (χ4n) is 1.73. The molecule has 0 spiro atoms. The summed E-state index contributed by atoms with van der Waals surface area (Å²) in [7, 11) is 1.73. The van der Waals surface area contributed by atoms with Crippen LogP contribution in [0.2, 0.25) is 0 Å². The quantitative estimate of drug-likeness (QED) is 0.719. The Hall–Kier alpha value is -0.100. The Balaban J connectivity index is 2.70. The zero-order valence-corrected chi connectivity index (χ0v) is 14.8. The summed E-state index contributed by atoms with van der Waals surface area (Å²) < 4.78 is 12.8. The van der Waals surface area contributed by atoms with E-state index in [1.54, 1.807) is 7.11 Å². The number of hydrogen-bond donors (Lipinski definition) is 1. The third-order valence-electron chi connectivity index (χ3n) is 2.77. The minimum atomic E-state index is 0.409. The lowest BCUT2D eigenvalue weighted by atomic mass is 10.1. The topological polar surface area (TPSA) is 30.5 Å². The Labute approximate surface area is 132 Å². The summed E-state index contributed by atoms with van der Waals surface area (Å²) in [5, 5.41) is 3.49. The van der Waals surface area contributed by atoms with Gasteiger partial charge in [0.1, 0.15) is 5.75 Å². The van der Waals surface area contributed by atoms with Crippen LogP contribution < -0.4 is 10.1 Å². The summed E-state index contributed by atoms with van der Waals surface area (Å²) in [6.07, 6.45) is 0.996. The van der Waals surface area contributed by atoms with Gasteiger partial charge >= 0.3 is 0 Å². The molecule has 0 aromatic heterocycles. The van der Waals surface area contributed by atoms with Gasteiger partial charge in [-0.2, -0.15) is 0 Å². The first-order chi connectivity index (χ1) is 9.08. The number of halogens is 2. The normalized spacial score (nSPS) is 12.5. The zero-order chi connectivity index (χ0) is 14.3. The molecule has 1 unspecified atom stereocenters. The molecule has 3 nitrogen and oxygen atoms in total. The van der Waals surface area contributed by atoms with Gasteiger partial charge < -0.3 is 14.8 Å². The molecule has 1 N–H and O–H groups in total. The Morgan fingerprint density at radius 1 is 1.32 bits per heavy atom. The van der Waals surface area contributed by atoms with Gasteiger partial charge in [0.25, 0.3) is 0 Å². The van der Waals surface area contributed by atoms with Crippen molar-refractivity contribution in [3.05, 3.63) is 26.6 Å². The second-order valence-corrected chi connectivity index (χ2v) is 6.14. The molecule has 0 saturated carbocycles. The minimum absolute atomic E-state index is 0.409. The molecule has 0 aliphatic carbocycles. The van der Waals surface area contributed by atoms with Gasteiger partial charge in [0.15, 0.2) is 0 Å². The number of methoxy groups -OCH3 is 1. The second kappa shape index (κ2) is 8.95. The molecule has 1 aromatic carbocycles. The Bertz CT molecular complexity index is 399. The first-order valence-electron chi connectivity index (χ1n) is 6.41. The van der Waals surface area contributed by atoms with Crippen molar-refractivity contribution in [2.24, 2.45) is 0 Å². The Morgan fingerprint density at radius 3 is 2.68 bits per heavy atom. The van der Waals surface area contributed by atoms with Crippen molar-refractivity contribution in [1.29, 1.82) is 0 Å². The summed E-state index contributed by atoms with van der Waals surface area (Å²) in [5.41, 5.74) is 1.15.